The molecule has 0 radical (unpaired) electrons. The van der Waals surface area contributed by atoms with Gasteiger partial charge in [0, 0.05) is 32.0 Å². The number of benzene rings is 1. The molecule has 126 valence electrons. The highest BCUT2D eigenvalue weighted by Gasteiger charge is 2.24. The van der Waals surface area contributed by atoms with Crippen LogP contribution in [-0.2, 0) is 16.1 Å². The summed E-state index contributed by atoms with van der Waals surface area (Å²) in [6.07, 6.45) is 4.61. The van der Waals surface area contributed by atoms with E-state index in [2.05, 4.69) is 18.3 Å². The van der Waals surface area contributed by atoms with Crippen molar-refractivity contribution in [1.29, 1.82) is 0 Å². The summed E-state index contributed by atoms with van der Waals surface area (Å²) in [7, 11) is 1.82. The van der Waals surface area contributed by atoms with Gasteiger partial charge >= 0.3 is 0 Å². The third kappa shape index (κ3) is 5.08. The summed E-state index contributed by atoms with van der Waals surface area (Å²) >= 11 is 0. The van der Waals surface area contributed by atoms with E-state index in [1.165, 1.54) is 5.56 Å². The highest BCUT2D eigenvalue weighted by Crippen LogP contribution is 2.24. The van der Waals surface area contributed by atoms with E-state index < -0.39 is 0 Å². The van der Waals surface area contributed by atoms with Gasteiger partial charge in [0.15, 0.2) is 0 Å². The van der Waals surface area contributed by atoms with Crippen LogP contribution in [-0.4, -0.2) is 29.8 Å². The molecule has 0 saturated heterocycles. The summed E-state index contributed by atoms with van der Waals surface area (Å²) in [5.41, 5.74) is 2.35. The van der Waals surface area contributed by atoms with Crippen molar-refractivity contribution in [1.82, 2.24) is 10.2 Å². The molecular formula is C19H28N2O2. The van der Waals surface area contributed by atoms with Crippen LogP contribution in [0.15, 0.2) is 24.3 Å². The van der Waals surface area contributed by atoms with E-state index in [1.807, 2.05) is 32.2 Å². The summed E-state index contributed by atoms with van der Waals surface area (Å²) < 4.78 is 0. The fourth-order valence-corrected chi connectivity index (χ4v) is 3.15. The molecule has 1 N–H and O–H groups in total. The lowest BCUT2D eigenvalue weighted by atomic mass is 10.1. The van der Waals surface area contributed by atoms with E-state index in [0.717, 1.165) is 31.2 Å². The summed E-state index contributed by atoms with van der Waals surface area (Å²) in [5, 5.41) is 3.00. The number of nitrogens with zero attached hydrogens (tertiary/aromatic N) is 1. The van der Waals surface area contributed by atoms with Crippen molar-refractivity contribution in [3.8, 4) is 0 Å². The van der Waals surface area contributed by atoms with Crippen LogP contribution in [0.2, 0.25) is 0 Å². The topological polar surface area (TPSA) is 49.4 Å². The van der Waals surface area contributed by atoms with Gasteiger partial charge < -0.3 is 10.2 Å². The molecule has 1 saturated carbocycles. The van der Waals surface area contributed by atoms with E-state index in [4.69, 9.17) is 0 Å². The molecule has 0 spiro atoms. The fraction of sp³-hybridized carbons (Fsp3) is 0.579. The average Bonchev–Trinajstić information content (AvgIpc) is 3.03. The number of hydrogen-bond acceptors (Lipinski definition) is 2. The number of hydrogen-bond donors (Lipinski definition) is 1. The number of nitrogens with one attached hydrogen (secondary N) is 1. The molecular weight excluding hydrogens is 288 g/mol. The maximum absolute atomic E-state index is 12.3. The quantitative estimate of drug-likeness (QED) is 0.877. The van der Waals surface area contributed by atoms with E-state index >= 15 is 0 Å². The largest absolute Gasteiger partial charge is 0.353 e. The second-order valence-corrected chi connectivity index (χ2v) is 6.77. The lowest BCUT2D eigenvalue weighted by Gasteiger charge is -2.22. The third-order valence-electron chi connectivity index (χ3n) is 4.69. The minimum Gasteiger partial charge on any atom is -0.353 e. The van der Waals surface area contributed by atoms with Gasteiger partial charge in [0.2, 0.25) is 11.8 Å². The molecule has 0 bridgehead atoms. The predicted molar refractivity (Wildman–Crippen MR) is 91.8 cm³/mol. The zero-order valence-corrected chi connectivity index (χ0v) is 14.5. The molecule has 1 aromatic rings. The molecule has 4 heteroatoms. The zero-order valence-electron chi connectivity index (χ0n) is 14.5. The molecule has 1 aliphatic rings. The van der Waals surface area contributed by atoms with Crippen LogP contribution >= 0.6 is 0 Å². The van der Waals surface area contributed by atoms with E-state index in [-0.39, 0.29) is 23.8 Å². The van der Waals surface area contributed by atoms with Crippen LogP contribution in [0.5, 0.6) is 0 Å². The van der Waals surface area contributed by atoms with Gasteiger partial charge in [-0.05, 0) is 37.8 Å². The van der Waals surface area contributed by atoms with Gasteiger partial charge in [0.1, 0.15) is 0 Å². The Bertz CT molecular complexity index is 550. The van der Waals surface area contributed by atoms with E-state index in [1.54, 1.807) is 4.90 Å². The maximum atomic E-state index is 12.3. The molecule has 1 unspecified atom stereocenters. The Labute approximate surface area is 139 Å². The van der Waals surface area contributed by atoms with Gasteiger partial charge in [-0.25, -0.2) is 0 Å². The SMILES string of the molecule is Cc1ccccc1CN(C)C(=O)CC(C)NC(=O)C1CCCC1. The first-order valence-corrected chi connectivity index (χ1v) is 8.56. The standard InChI is InChI=1S/C19H28N2O2/c1-14-8-4-5-11-17(14)13-21(3)18(22)12-15(2)20-19(23)16-9-6-7-10-16/h4-5,8,11,15-16H,6-7,9-10,12-13H2,1-3H3,(H,20,23). The first-order valence-electron chi connectivity index (χ1n) is 8.56. The number of carbonyl (C=O) groups excluding carboxylic acids is 2. The van der Waals surface area contributed by atoms with Crippen molar-refractivity contribution in [2.45, 2.75) is 58.5 Å². The van der Waals surface area contributed by atoms with Crippen LogP contribution in [0.25, 0.3) is 0 Å². The predicted octanol–water partition coefficient (Wildman–Crippen LogP) is 3.04. The molecule has 1 atom stereocenters. The average molecular weight is 316 g/mol. The lowest BCUT2D eigenvalue weighted by molar-refractivity contribution is -0.131. The van der Waals surface area contributed by atoms with Gasteiger partial charge in [-0.15, -0.1) is 0 Å². The van der Waals surface area contributed by atoms with Crippen molar-refractivity contribution >= 4 is 11.8 Å². The number of rotatable bonds is 6. The minimum absolute atomic E-state index is 0.0625. The molecule has 4 nitrogen and oxygen atoms in total. The van der Waals surface area contributed by atoms with E-state index in [9.17, 15) is 9.59 Å². The number of aryl methyl sites for hydroxylation is 1. The Morgan fingerprint density at radius 2 is 1.91 bits per heavy atom. The molecule has 1 aliphatic carbocycles. The third-order valence-corrected chi connectivity index (χ3v) is 4.69. The van der Waals surface area contributed by atoms with E-state index in [0.29, 0.717) is 13.0 Å². The van der Waals surface area contributed by atoms with Crippen molar-refractivity contribution in [3.05, 3.63) is 35.4 Å². The molecule has 0 heterocycles. The normalized spacial score (nSPS) is 16.1. The molecule has 1 aromatic carbocycles. The molecule has 0 aliphatic heterocycles. The smallest absolute Gasteiger partial charge is 0.224 e. The Kier molecular flexibility index (Phi) is 6.20. The summed E-state index contributed by atoms with van der Waals surface area (Å²) in [5.74, 6) is 0.328. The molecule has 2 rings (SSSR count). The summed E-state index contributed by atoms with van der Waals surface area (Å²) in [4.78, 5) is 26.2. The minimum atomic E-state index is -0.116. The first-order chi connectivity index (χ1) is 11.0. The Hall–Kier alpha value is -1.84. The Balaban J connectivity index is 1.80. The van der Waals surface area contributed by atoms with Gasteiger partial charge in [0.25, 0.3) is 0 Å². The fourth-order valence-electron chi connectivity index (χ4n) is 3.15. The summed E-state index contributed by atoms with van der Waals surface area (Å²) in [6, 6.07) is 7.98. The van der Waals surface area contributed by atoms with Gasteiger partial charge in [-0.3, -0.25) is 9.59 Å². The van der Waals surface area contributed by atoms with Crippen LogP contribution in [0.4, 0.5) is 0 Å². The second kappa shape index (κ2) is 8.14. The monoisotopic (exact) mass is 316 g/mol. The van der Waals surface area contributed by atoms with Crippen LogP contribution < -0.4 is 5.32 Å². The highest BCUT2D eigenvalue weighted by molar-refractivity contribution is 5.81. The second-order valence-electron chi connectivity index (χ2n) is 6.77. The van der Waals surface area contributed by atoms with Crippen LogP contribution in [0.3, 0.4) is 0 Å². The molecule has 0 aromatic heterocycles. The van der Waals surface area contributed by atoms with Crippen LogP contribution in [0, 0.1) is 12.8 Å². The van der Waals surface area contributed by atoms with Crippen molar-refractivity contribution in [3.63, 3.8) is 0 Å². The summed E-state index contributed by atoms with van der Waals surface area (Å²) in [6.45, 7) is 4.57. The van der Waals surface area contributed by atoms with Gasteiger partial charge in [0.05, 0.1) is 0 Å². The number of carbonyl (C=O) groups is 2. The Morgan fingerprint density at radius 1 is 1.26 bits per heavy atom. The van der Waals surface area contributed by atoms with Gasteiger partial charge in [-0.2, -0.15) is 0 Å². The molecule has 2 amide bonds. The lowest BCUT2D eigenvalue weighted by Crippen LogP contribution is -2.40. The number of amides is 2. The zero-order chi connectivity index (χ0) is 16.8. The van der Waals surface area contributed by atoms with Crippen molar-refractivity contribution < 1.29 is 9.59 Å². The molecule has 1 fully saturated rings. The maximum Gasteiger partial charge on any atom is 0.224 e. The molecule has 23 heavy (non-hydrogen) atoms. The van der Waals surface area contributed by atoms with Crippen LogP contribution in [0.1, 0.15) is 50.2 Å². The first kappa shape index (κ1) is 17.5. The highest BCUT2D eigenvalue weighted by atomic mass is 16.2. The Morgan fingerprint density at radius 3 is 2.57 bits per heavy atom. The van der Waals surface area contributed by atoms with Gasteiger partial charge in [-0.1, -0.05) is 37.1 Å². The van der Waals surface area contributed by atoms with Crippen molar-refractivity contribution in [2.75, 3.05) is 7.05 Å². The van der Waals surface area contributed by atoms with Crippen molar-refractivity contribution in [2.24, 2.45) is 5.92 Å².